The number of aromatic nitrogens is 2. The SMILES string of the molecule is CC(O)CCC(=O)NC1CCCc2c1cnn2C. The highest BCUT2D eigenvalue weighted by Crippen LogP contribution is 2.29. The number of amides is 1. The van der Waals surface area contributed by atoms with Crippen molar-refractivity contribution in [2.45, 2.75) is 51.2 Å². The van der Waals surface area contributed by atoms with E-state index < -0.39 is 6.10 Å². The Bertz CT molecular complexity index is 426. The summed E-state index contributed by atoms with van der Waals surface area (Å²) in [4.78, 5) is 11.8. The zero-order chi connectivity index (χ0) is 13.1. The molecule has 2 rings (SSSR count). The van der Waals surface area contributed by atoms with Crippen LogP contribution in [0.1, 0.15) is 49.9 Å². The Balaban J connectivity index is 1.96. The molecule has 0 radical (unpaired) electrons. The predicted molar refractivity (Wildman–Crippen MR) is 67.9 cm³/mol. The molecule has 0 spiro atoms. The van der Waals surface area contributed by atoms with Crippen LogP contribution in [0.2, 0.25) is 0 Å². The lowest BCUT2D eigenvalue weighted by atomic mass is 9.93. The van der Waals surface area contributed by atoms with Crippen molar-refractivity contribution in [1.82, 2.24) is 15.1 Å². The van der Waals surface area contributed by atoms with Gasteiger partial charge in [0.15, 0.2) is 0 Å². The molecule has 18 heavy (non-hydrogen) atoms. The fraction of sp³-hybridized carbons (Fsp3) is 0.692. The summed E-state index contributed by atoms with van der Waals surface area (Å²) in [6.07, 6.45) is 5.41. The average Bonchev–Trinajstić information content (AvgIpc) is 2.70. The first-order valence-electron chi connectivity index (χ1n) is 6.56. The van der Waals surface area contributed by atoms with E-state index in [1.807, 2.05) is 17.9 Å². The quantitative estimate of drug-likeness (QED) is 0.841. The highest BCUT2D eigenvalue weighted by molar-refractivity contribution is 5.76. The number of carbonyl (C=O) groups excluding carboxylic acids is 1. The number of carbonyl (C=O) groups is 1. The molecule has 100 valence electrons. The van der Waals surface area contributed by atoms with Crippen LogP contribution in [-0.4, -0.2) is 26.9 Å². The lowest BCUT2D eigenvalue weighted by Gasteiger charge is -2.23. The van der Waals surface area contributed by atoms with E-state index in [-0.39, 0.29) is 11.9 Å². The maximum atomic E-state index is 11.8. The summed E-state index contributed by atoms with van der Waals surface area (Å²) in [5.74, 6) is 0.0117. The minimum atomic E-state index is -0.420. The molecule has 0 saturated carbocycles. The molecule has 0 bridgehead atoms. The number of aliphatic hydroxyl groups is 1. The first-order chi connectivity index (χ1) is 8.58. The molecule has 1 heterocycles. The summed E-state index contributed by atoms with van der Waals surface area (Å²) >= 11 is 0. The van der Waals surface area contributed by atoms with E-state index in [2.05, 4.69) is 10.4 Å². The van der Waals surface area contributed by atoms with E-state index in [4.69, 9.17) is 0 Å². The topological polar surface area (TPSA) is 67.2 Å². The third kappa shape index (κ3) is 2.90. The lowest BCUT2D eigenvalue weighted by Crippen LogP contribution is -2.31. The molecule has 5 heteroatoms. The zero-order valence-electron chi connectivity index (χ0n) is 11.0. The van der Waals surface area contributed by atoms with Crippen molar-refractivity contribution in [3.63, 3.8) is 0 Å². The van der Waals surface area contributed by atoms with Crippen LogP contribution in [0, 0.1) is 0 Å². The van der Waals surface area contributed by atoms with Gasteiger partial charge in [0.25, 0.3) is 0 Å². The van der Waals surface area contributed by atoms with Gasteiger partial charge < -0.3 is 10.4 Å². The predicted octanol–water partition coefficient (Wildman–Crippen LogP) is 1.07. The van der Waals surface area contributed by atoms with E-state index in [0.717, 1.165) is 24.8 Å². The number of aryl methyl sites for hydroxylation is 1. The van der Waals surface area contributed by atoms with E-state index in [9.17, 15) is 9.90 Å². The largest absolute Gasteiger partial charge is 0.393 e. The minimum Gasteiger partial charge on any atom is -0.393 e. The van der Waals surface area contributed by atoms with Crippen LogP contribution in [0.25, 0.3) is 0 Å². The Labute approximate surface area is 107 Å². The van der Waals surface area contributed by atoms with Crippen LogP contribution < -0.4 is 5.32 Å². The Morgan fingerprint density at radius 1 is 1.72 bits per heavy atom. The van der Waals surface area contributed by atoms with Crippen molar-refractivity contribution in [1.29, 1.82) is 0 Å². The molecule has 2 unspecified atom stereocenters. The van der Waals surface area contributed by atoms with Gasteiger partial charge in [-0.3, -0.25) is 9.48 Å². The maximum Gasteiger partial charge on any atom is 0.220 e. The number of hydrogen-bond donors (Lipinski definition) is 2. The van der Waals surface area contributed by atoms with Gasteiger partial charge in [0, 0.05) is 24.7 Å². The fourth-order valence-electron chi connectivity index (χ4n) is 2.46. The molecule has 0 aliphatic heterocycles. The van der Waals surface area contributed by atoms with Gasteiger partial charge in [-0.1, -0.05) is 0 Å². The third-order valence-corrected chi connectivity index (χ3v) is 3.50. The van der Waals surface area contributed by atoms with Crippen molar-refractivity contribution in [3.05, 3.63) is 17.5 Å². The molecule has 1 aliphatic rings. The van der Waals surface area contributed by atoms with Gasteiger partial charge in [-0.2, -0.15) is 5.10 Å². The zero-order valence-corrected chi connectivity index (χ0v) is 11.0. The van der Waals surface area contributed by atoms with Crippen molar-refractivity contribution in [2.75, 3.05) is 0 Å². The molecular formula is C13H21N3O2. The monoisotopic (exact) mass is 251 g/mol. The van der Waals surface area contributed by atoms with Gasteiger partial charge in [-0.15, -0.1) is 0 Å². The first-order valence-corrected chi connectivity index (χ1v) is 6.56. The van der Waals surface area contributed by atoms with Crippen LogP contribution in [0.15, 0.2) is 6.20 Å². The van der Waals surface area contributed by atoms with Crippen molar-refractivity contribution in [2.24, 2.45) is 7.05 Å². The summed E-state index contributed by atoms with van der Waals surface area (Å²) in [5.41, 5.74) is 2.37. The van der Waals surface area contributed by atoms with Gasteiger partial charge in [0.2, 0.25) is 5.91 Å². The van der Waals surface area contributed by atoms with Crippen LogP contribution in [0.3, 0.4) is 0 Å². The highest BCUT2D eigenvalue weighted by atomic mass is 16.3. The van der Waals surface area contributed by atoms with Gasteiger partial charge in [-0.25, -0.2) is 0 Å². The third-order valence-electron chi connectivity index (χ3n) is 3.50. The van der Waals surface area contributed by atoms with E-state index in [1.165, 1.54) is 5.69 Å². The molecule has 0 saturated heterocycles. The number of nitrogens with one attached hydrogen (secondary N) is 1. The molecular weight excluding hydrogens is 230 g/mol. The summed E-state index contributed by atoms with van der Waals surface area (Å²) in [5, 5.41) is 16.5. The smallest absolute Gasteiger partial charge is 0.220 e. The fourth-order valence-corrected chi connectivity index (χ4v) is 2.46. The van der Waals surface area contributed by atoms with E-state index in [0.29, 0.717) is 12.8 Å². The van der Waals surface area contributed by atoms with Gasteiger partial charge >= 0.3 is 0 Å². The van der Waals surface area contributed by atoms with Crippen LogP contribution in [-0.2, 0) is 18.3 Å². The summed E-state index contributed by atoms with van der Waals surface area (Å²) in [7, 11) is 1.94. The van der Waals surface area contributed by atoms with Gasteiger partial charge in [-0.05, 0) is 32.6 Å². The second-order valence-electron chi connectivity index (χ2n) is 5.07. The molecule has 0 fully saturated rings. The summed E-state index contributed by atoms with van der Waals surface area (Å²) in [6, 6.07) is 0.0870. The summed E-state index contributed by atoms with van der Waals surface area (Å²) < 4.78 is 1.89. The second kappa shape index (κ2) is 5.52. The van der Waals surface area contributed by atoms with Crippen LogP contribution in [0.5, 0.6) is 0 Å². The molecule has 1 aromatic heterocycles. The van der Waals surface area contributed by atoms with Gasteiger partial charge in [0.1, 0.15) is 0 Å². The Hall–Kier alpha value is -1.36. The average molecular weight is 251 g/mol. The molecule has 1 aromatic rings. The Morgan fingerprint density at radius 3 is 3.22 bits per heavy atom. The number of fused-ring (bicyclic) bond motifs is 1. The Kier molecular flexibility index (Phi) is 4.01. The summed E-state index contributed by atoms with van der Waals surface area (Å²) in [6.45, 7) is 1.70. The Morgan fingerprint density at radius 2 is 2.50 bits per heavy atom. The maximum absolute atomic E-state index is 11.8. The minimum absolute atomic E-state index is 0.0117. The molecule has 2 atom stereocenters. The van der Waals surface area contributed by atoms with Crippen LogP contribution in [0.4, 0.5) is 0 Å². The normalized spacial score (nSPS) is 20.3. The number of rotatable bonds is 4. The first kappa shape index (κ1) is 13.1. The molecule has 0 aromatic carbocycles. The van der Waals surface area contributed by atoms with Gasteiger partial charge in [0.05, 0.1) is 18.3 Å². The standard InChI is InChI=1S/C13H21N3O2/c1-9(17)6-7-13(18)15-11-4-3-5-12-10(11)8-14-16(12)2/h8-9,11,17H,3-7H2,1-2H3,(H,15,18). The number of aliphatic hydroxyl groups excluding tert-OH is 1. The van der Waals surface area contributed by atoms with Crippen molar-refractivity contribution < 1.29 is 9.90 Å². The molecule has 1 amide bonds. The van der Waals surface area contributed by atoms with E-state index >= 15 is 0 Å². The highest BCUT2D eigenvalue weighted by Gasteiger charge is 2.24. The molecule has 5 nitrogen and oxygen atoms in total. The second-order valence-corrected chi connectivity index (χ2v) is 5.07. The molecule has 2 N–H and O–H groups in total. The van der Waals surface area contributed by atoms with Crippen LogP contribution >= 0.6 is 0 Å². The lowest BCUT2D eigenvalue weighted by molar-refractivity contribution is -0.122. The molecule has 1 aliphatic carbocycles. The number of hydrogen-bond acceptors (Lipinski definition) is 3. The van der Waals surface area contributed by atoms with Crippen molar-refractivity contribution >= 4 is 5.91 Å². The van der Waals surface area contributed by atoms with E-state index in [1.54, 1.807) is 6.92 Å². The number of nitrogens with zero attached hydrogens (tertiary/aromatic N) is 2. The van der Waals surface area contributed by atoms with Crippen molar-refractivity contribution in [3.8, 4) is 0 Å².